The van der Waals surface area contributed by atoms with E-state index in [9.17, 15) is 28.8 Å². The monoisotopic (exact) mass is 1090 g/mol. The SMILES string of the molecule is CCCCCCN(CCN)CCC(=O)NC.CNC(=O)CCCCCNCCCCCN.CNC(=O)CCCCCNCCCCCNCCC(=O)NC.CNC(=O)CCCCCNCCN(CCN)CCC(=O)NC. The predicted molar refractivity (Wildman–Crippen MR) is 317 cm³/mol. The van der Waals surface area contributed by atoms with Crippen molar-refractivity contribution < 1.29 is 28.8 Å². The molecule has 0 aliphatic heterocycles. The van der Waals surface area contributed by atoms with Gasteiger partial charge in [-0.3, -0.25) is 28.8 Å². The maximum atomic E-state index is 11.3. The quantitative estimate of drug-likeness (QED) is 0.0388. The third-order valence-corrected chi connectivity index (χ3v) is 12.4. The van der Waals surface area contributed by atoms with Gasteiger partial charge in [0.1, 0.15) is 0 Å². The Kier molecular flexibility index (Phi) is 70.2. The highest BCUT2D eigenvalue weighted by Gasteiger charge is 2.08. The number of nitrogens with two attached hydrogens (primary N) is 3. The van der Waals surface area contributed by atoms with E-state index in [4.69, 9.17) is 17.2 Å². The fourth-order valence-corrected chi connectivity index (χ4v) is 7.39. The lowest BCUT2D eigenvalue weighted by molar-refractivity contribution is -0.121. The number of carbonyl (C=O) groups excluding carboxylic acids is 6. The molecular weight excluding hydrogens is 967 g/mol. The van der Waals surface area contributed by atoms with Crippen LogP contribution in [0.5, 0.6) is 0 Å². The lowest BCUT2D eigenvalue weighted by Gasteiger charge is -2.21. The second-order valence-electron chi connectivity index (χ2n) is 19.0. The Balaban J connectivity index is -0.000000460. The molecule has 0 spiro atoms. The summed E-state index contributed by atoms with van der Waals surface area (Å²) in [6.45, 7) is 17.4. The molecule has 21 heteroatoms. The van der Waals surface area contributed by atoms with Crippen LogP contribution in [-0.2, 0) is 28.8 Å². The van der Waals surface area contributed by atoms with E-state index in [1.807, 2.05) is 0 Å². The number of unbranched alkanes of at least 4 members (excludes halogenated alkanes) is 13. The van der Waals surface area contributed by atoms with Crippen molar-refractivity contribution in [1.29, 1.82) is 0 Å². The Morgan fingerprint density at radius 2 is 0.579 bits per heavy atom. The normalized spacial score (nSPS) is 10.6. The molecule has 0 saturated heterocycles. The van der Waals surface area contributed by atoms with Crippen molar-refractivity contribution in [3.05, 3.63) is 0 Å². The van der Waals surface area contributed by atoms with E-state index < -0.39 is 0 Å². The minimum absolute atomic E-state index is 0.0612. The lowest BCUT2D eigenvalue weighted by Crippen LogP contribution is -2.38. The van der Waals surface area contributed by atoms with Gasteiger partial charge in [0.2, 0.25) is 35.4 Å². The van der Waals surface area contributed by atoms with Crippen molar-refractivity contribution in [3.8, 4) is 0 Å². The van der Waals surface area contributed by atoms with Crippen LogP contribution in [0.4, 0.5) is 0 Å². The number of amides is 6. The number of nitrogens with zero attached hydrogens (tertiary/aromatic N) is 2. The van der Waals surface area contributed by atoms with Gasteiger partial charge in [-0.15, -0.1) is 0 Å². The predicted octanol–water partition coefficient (Wildman–Crippen LogP) is 2.03. The van der Waals surface area contributed by atoms with Gasteiger partial charge in [0.15, 0.2) is 0 Å². The van der Waals surface area contributed by atoms with E-state index in [-0.39, 0.29) is 35.4 Å². The van der Waals surface area contributed by atoms with Gasteiger partial charge in [-0.2, -0.15) is 0 Å². The van der Waals surface area contributed by atoms with Crippen LogP contribution in [0, 0.1) is 0 Å². The fourth-order valence-electron chi connectivity index (χ4n) is 7.39. The third kappa shape index (κ3) is 68.5. The Morgan fingerprint density at radius 3 is 0.934 bits per heavy atom. The zero-order valence-corrected chi connectivity index (χ0v) is 49.8. The Morgan fingerprint density at radius 1 is 0.276 bits per heavy atom. The van der Waals surface area contributed by atoms with Crippen LogP contribution < -0.4 is 70.4 Å². The zero-order chi connectivity index (χ0) is 57.4. The fraction of sp³-hybridized carbons (Fsp3) is 0.891. The van der Waals surface area contributed by atoms with Gasteiger partial charge in [-0.05, 0) is 123 Å². The molecule has 0 heterocycles. The summed E-state index contributed by atoms with van der Waals surface area (Å²) in [5.74, 6) is 0.654. The molecule has 0 aliphatic carbocycles. The van der Waals surface area contributed by atoms with Crippen LogP contribution in [0.2, 0.25) is 0 Å². The molecule has 0 saturated carbocycles. The number of nitrogens with one attached hydrogen (secondary N) is 10. The summed E-state index contributed by atoms with van der Waals surface area (Å²) in [4.78, 5) is 70.8. The molecule has 0 rings (SSSR count). The first-order chi connectivity index (χ1) is 36.9. The molecule has 452 valence electrons. The van der Waals surface area contributed by atoms with E-state index in [1.54, 1.807) is 42.3 Å². The number of rotatable bonds is 50. The molecular formula is C55H121N15O6. The molecule has 21 nitrogen and oxygen atoms in total. The maximum absolute atomic E-state index is 11.3. The molecule has 0 aromatic carbocycles. The summed E-state index contributed by atoms with van der Waals surface area (Å²) in [7, 11) is 10.0. The summed E-state index contributed by atoms with van der Waals surface area (Å²) in [5, 5.41) is 29.3. The molecule has 6 amide bonds. The van der Waals surface area contributed by atoms with E-state index in [0.29, 0.717) is 51.6 Å². The first kappa shape index (κ1) is 78.9. The van der Waals surface area contributed by atoms with Gasteiger partial charge < -0.3 is 80.2 Å². The van der Waals surface area contributed by atoms with Gasteiger partial charge in [0.05, 0.1) is 0 Å². The van der Waals surface area contributed by atoms with E-state index >= 15 is 0 Å². The van der Waals surface area contributed by atoms with E-state index in [0.717, 1.165) is 169 Å². The van der Waals surface area contributed by atoms with Gasteiger partial charge in [0, 0.05) is 140 Å². The lowest BCUT2D eigenvalue weighted by atomic mass is 10.2. The highest BCUT2D eigenvalue weighted by Crippen LogP contribution is 2.03. The average Bonchev–Trinajstić information content (AvgIpc) is 3.43. The van der Waals surface area contributed by atoms with Crippen LogP contribution in [0.3, 0.4) is 0 Å². The second kappa shape index (κ2) is 67.6. The van der Waals surface area contributed by atoms with Crippen molar-refractivity contribution in [2.24, 2.45) is 17.2 Å². The number of carbonyl (C=O) groups is 6. The molecule has 0 aromatic heterocycles. The largest absolute Gasteiger partial charge is 0.359 e. The van der Waals surface area contributed by atoms with Crippen molar-refractivity contribution >= 4 is 35.4 Å². The minimum atomic E-state index is 0.0612. The summed E-state index contributed by atoms with van der Waals surface area (Å²) < 4.78 is 0. The highest BCUT2D eigenvalue weighted by molar-refractivity contribution is 5.77. The van der Waals surface area contributed by atoms with Crippen LogP contribution in [0.25, 0.3) is 0 Å². The Labute approximate surface area is 463 Å². The molecule has 0 bridgehead atoms. The topological polar surface area (TPSA) is 307 Å². The summed E-state index contributed by atoms with van der Waals surface area (Å²) >= 11 is 0. The second-order valence-corrected chi connectivity index (χ2v) is 19.0. The van der Waals surface area contributed by atoms with Gasteiger partial charge in [-0.25, -0.2) is 0 Å². The van der Waals surface area contributed by atoms with Gasteiger partial charge in [-0.1, -0.05) is 58.3 Å². The molecule has 0 radical (unpaired) electrons. The number of hydrogen-bond donors (Lipinski definition) is 13. The summed E-state index contributed by atoms with van der Waals surface area (Å²) in [5.41, 5.74) is 16.6. The van der Waals surface area contributed by atoms with Gasteiger partial charge in [0.25, 0.3) is 0 Å². The summed E-state index contributed by atoms with van der Waals surface area (Å²) in [6, 6.07) is 0. The smallest absolute Gasteiger partial charge is 0.221 e. The van der Waals surface area contributed by atoms with Crippen LogP contribution in [0.1, 0.15) is 167 Å². The zero-order valence-electron chi connectivity index (χ0n) is 49.8. The van der Waals surface area contributed by atoms with Gasteiger partial charge >= 0.3 is 0 Å². The minimum Gasteiger partial charge on any atom is -0.359 e. The van der Waals surface area contributed by atoms with Crippen LogP contribution in [0.15, 0.2) is 0 Å². The third-order valence-electron chi connectivity index (χ3n) is 12.4. The molecule has 0 aliphatic rings. The molecule has 0 aromatic rings. The first-order valence-corrected chi connectivity index (χ1v) is 29.5. The maximum Gasteiger partial charge on any atom is 0.221 e. The molecule has 76 heavy (non-hydrogen) atoms. The number of hydrogen-bond acceptors (Lipinski definition) is 15. The Hall–Kier alpha value is -3.54. The van der Waals surface area contributed by atoms with Crippen molar-refractivity contribution in [1.82, 2.24) is 63.0 Å². The molecule has 16 N–H and O–H groups in total. The average molecular weight is 1090 g/mol. The van der Waals surface area contributed by atoms with Crippen LogP contribution in [-0.4, -0.2) is 199 Å². The molecule has 0 unspecified atom stereocenters. The van der Waals surface area contributed by atoms with Crippen molar-refractivity contribution in [3.63, 3.8) is 0 Å². The van der Waals surface area contributed by atoms with Crippen LogP contribution >= 0.6 is 0 Å². The first-order valence-electron chi connectivity index (χ1n) is 29.5. The molecule has 0 fully saturated rings. The van der Waals surface area contributed by atoms with E-state index in [2.05, 4.69) is 69.9 Å². The standard InChI is InChI=1S/C16H34N4O2.C15H33N5O2.2C12H27N3O/c1-17-15(21)9-5-3-6-11-19-12-7-4-8-13-20-14-10-16(22)18-2;1-17-14(21)6-4-3-5-9-19-10-13-20(12-8-16)11-7-15(22)18-2;1-14-12(16)8-4-2-6-10-15-11-7-3-5-9-13;1-3-4-5-6-9-15(11-8-13)10-7-12(16)14-2/h19-20H,3-14H2,1-2H3,(H,17,21)(H,18,22);19H,3-13,16H2,1-2H3,(H,17,21)(H,18,22);15H,2-11,13H2,1H3,(H,14,16);3-11,13H2,1-2H3,(H,14,16). The van der Waals surface area contributed by atoms with Crippen molar-refractivity contribution in [2.75, 3.05) is 154 Å². The highest BCUT2D eigenvalue weighted by atomic mass is 16.2. The Bertz CT molecular complexity index is 1260. The summed E-state index contributed by atoms with van der Waals surface area (Å²) in [6.07, 6.45) is 25.3. The van der Waals surface area contributed by atoms with Crippen molar-refractivity contribution in [2.45, 2.75) is 167 Å². The molecule has 0 atom stereocenters. The van der Waals surface area contributed by atoms with E-state index in [1.165, 1.54) is 51.4 Å².